The number of nitrogens with one attached hydrogen (secondary N) is 2. The summed E-state index contributed by atoms with van der Waals surface area (Å²) in [5.74, 6) is -0.883. The van der Waals surface area contributed by atoms with Gasteiger partial charge >= 0.3 is 12.0 Å². The maximum atomic E-state index is 12.7. The number of carbonyl (C=O) groups is 4. The molecule has 1 atom stereocenters. The molecule has 1 aromatic carbocycles. The smallest absolute Gasteiger partial charge is 0.325 e. The SMILES string of the molecule is CCOC(=O)CC(NC(=O)CN1C(=O)NC(CC)(CC)C1=O)c1cccc(OC)c1. The number of rotatable bonds is 10. The average Bonchev–Trinajstić information content (AvgIpc) is 2.98. The first-order valence-corrected chi connectivity index (χ1v) is 10.0. The van der Waals surface area contributed by atoms with Gasteiger partial charge in [0.05, 0.1) is 26.2 Å². The van der Waals surface area contributed by atoms with Gasteiger partial charge in [-0.1, -0.05) is 26.0 Å². The molecule has 9 nitrogen and oxygen atoms in total. The molecule has 0 aromatic heterocycles. The molecule has 30 heavy (non-hydrogen) atoms. The van der Waals surface area contributed by atoms with Crippen molar-refractivity contribution in [3.8, 4) is 5.75 Å². The minimum atomic E-state index is -0.978. The summed E-state index contributed by atoms with van der Waals surface area (Å²) in [6, 6.07) is 5.65. The van der Waals surface area contributed by atoms with E-state index in [0.717, 1.165) is 4.90 Å². The number of ether oxygens (including phenoxy) is 2. The number of imide groups is 1. The zero-order valence-electron chi connectivity index (χ0n) is 17.8. The summed E-state index contributed by atoms with van der Waals surface area (Å²) in [5.41, 5.74) is -0.335. The molecule has 1 saturated heterocycles. The summed E-state index contributed by atoms with van der Waals surface area (Å²) >= 11 is 0. The van der Waals surface area contributed by atoms with Gasteiger partial charge in [-0.15, -0.1) is 0 Å². The van der Waals surface area contributed by atoms with E-state index < -0.39 is 41.9 Å². The Bertz CT molecular complexity index is 806. The first kappa shape index (κ1) is 23.2. The molecule has 1 unspecified atom stereocenters. The molecule has 0 radical (unpaired) electrons. The molecule has 0 aliphatic carbocycles. The van der Waals surface area contributed by atoms with Crippen LogP contribution >= 0.6 is 0 Å². The lowest BCUT2D eigenvalue weighted by Crippen LogP contribution is -2.47. The van der Waals surface area contributed by atoms with Gasteiger partial charge in [-0.05, 0) is 37.5 Å². The van der Waals surface area contributed by atoms with Crippen LogP contribution < -0.4 is 15.4 Å². The van der Waals surface area contributed by atoms with Gasteiger partial charge < -0.3 is 20.1 Å². The van der Waals surface area contributed by atoms with E-state index in [9.17, 15) is 19.2 Å². The average molecular weight is 419 g/mol. The number of esters is 1. The number of amides is 4. The quantitative estimate of drug-likeness (QED) is 0.442. The largest absolute Gasteiger partial charge is 0.497 e. The Kier molecular flexibility index (Phi) is 7.79. The van der Waals surface area contributed by atoms with E-state index in [1.165, 1.54) is 7.11 Å². The Hall–Kier alpha value is -3.10. The maximum absolute atomic E-state index is 12.7. The van der Waals surface area contributed by atoms with Crippen molar-refractivity contribution in [2.75, 3.05) is 20.3 Å². The fraction of sp³-hybridized carbons (Fsp3) is 0.524. The molecule has 2 rings (SSSR count). The van der Waals surface area contributed by atoms with E-state index in [1.54, 1.807) is 31.2 Å². The monoisotopic (exact) mass is 419 g/mol. The van der Waals surface area contributed by atoms with Crippen molar-refractivity contribution in [2.24, 2.45) is 0 Å². The van der Waals surface area contributed by atoms with Gasteiger partial charge in [0.25, 0.3) is 5.91 Å². The number of benzene rings is 1. The molecule has 1 aromatic rings. The van der Waals surface area contributed by atoms with Crippen LogP contribution in [-0.2, 0) is 19.1 Å². The van der Waals surface area contributed by atoms with Crippen LogP contribution in [0.4, 0.5) is 4.79 Å². The third-order valence-electron chi connectivity index (χ3n) is 5.26. The lowest BCUT2D eigenvalue weighted by atomic mass is 9.93. The highest BCUT2D eigenvalue weighted by Crippen LogP contribution is 2.25. The van der Waals surface area contributed by atoms with Crippen LogP contribution in [-0.4, -0.2) is 54.5 Å². The predicted molar refractivity (Wildman–Crippen MR) is 109 cm³/mol. The Morgan fingerprint density at radius 3 is 2.47 bits per heavy atom. The lowest BCUT2D eigenvalue weighted by molar-refractivity contribution is -0.144. The molecule has 4 amide bonds. The third kappa shape index (κ3) is 5.08. The van der Waals surface area contributed by atoms with Gasteiger partial charge in [0.1, 0.15) is 17.8 Å². The van der Waals surface area contributed by atoms with E-state index in [1.807, 2.05) is 13.8 Å². The van der Waals surface area contributed by atoms with Gasteiger partial charge in [-0.25, -0.2) is 4.79 Å². The highest BCUT2D eigenvalue weighted by molar-refractivity contribution is 6.09. The molecule has 0 saturated carbocycles. The van der Waals surface area contributed by atoms with Crippen LogP contribution in [0.1, 0.15) is 51.6 Å². The van der Waals surface area contributed by atoms with Crippen LogP contribution in [0.3, 0.4) is 0 Å². The lowest BCUT2D eigenvalue weighted by Gasteiger charge is -2.23. The van der Waals surface area contributed by atoms with Gasteiger partial charge in [-0.3, -0.25) is 19.3 Å². The third-order valence-corrected chi connectivity index (χ3v) is 5.26. The van der Waals surface area contributed by atoms with Crippen LogP contribution in [0.5, 0.6) is 5.75 Å². The van der Waals surface area contributed by atoms with Crippen molar-refractivity contribution in [1.29, 1.82) is 0 Å². The summed E-state index contributed by atoms with van der Waals surface area (Å²) in [4.78, 5) is 50.6. The van der Waals surface area contributed by atoms with Crippen molar-refractivity contribution in [2.45, 2.75) is 51.6 Å². The number of hydrogen-bond donors (Lipinski definition) is 2. The zero-order chi connectivity index (χ0) is 22.3. The van der Waals surface area contributed by atoms with Gasteiger partial charge in [-0.2, -0.15) is 0 Å². The summed E-state index contributed by atoms with van der Waals surface area (Å²) in [5, 5.41) is 5.42. The van der Waals surface area contributed by atoms with E-state index in [2.05, 4.69) is 10.6 Å². The summed E-state index contributed by atoms with van der Waals surface area (Å²) in [6.45, 7) is 5.10. The minimum absolute atomic E-state index is 0.0965. The molecular weight excluding hydrogens is 390 g/mol. The number of nitrogens with zero attached hydrogens (tertiary/aromatic N) is 1. The van der Waals surface area contributed by atoms with E-state index in [-0.39, 0.29) is 13.0 Å². The van der Waals surface area contributed by atoms with E-state index in [4.69, 9.17) is 9.47 Å². The standard InChI is InChI=1S/C21H29N3O6/c1-5-21(6-2)19(27)24(20(28)23-21)13-17(25)22-16(12-18(26)30-7-3)14-9-8-10-15(11-14)29-4/h8-11,16H,5-7,12-13H2,1-4H3,(H,22,25)(H,23,28). The molecule has 9 heteroatoms. The first-order valence-electron chi connectivity index (χ1n) is 10.0. The Morgan fingerprint density at radius 2 is 1.90 bits per heavy atom. The topological polar surface area (TPSA) is 114 Å². The molecular formula is C21H29N3O6. The molecule has 1 aliphatic rings. The maximum Gasteiger partial charge on any atom is 0.325 e. The Labute approximate surface area is 176 Å². The van der Waals surface area contributed by atoms with Crippen molar-refractivity contribution in [3.05, 3.63) is 29.8 Å². The van der Waals surface area contributed by atoms with Crippen molar-refractivity contribution < 1.29 is 28.7 Å². The summed E-state index contributed by atoms with van der Waals surface area (Å²) in [6.07, 6.45) is 0.768. The van der Waals surface area contributed by atoms with Crippen molar-refractivity contribution in [1.82, 2.24) is 15.5 Å². The number of methoxy groups -OCH3 is 1. The second-order valence-corrected chi connectivity index (χ2v) is 7.02. The highest BCUT2D eigenvalue weighted by Gasteiger charge is 2.49. The summed E-state index contributed by atoms with van der Waals surface area (Å²) in [7, 11) is 1.52. The van der Waals surface area contributed by atoms with Crippen molar-refractivity contribution >= 4 is 23.8 Å². The van der Waals surface area contributed by atoms with E-state index >= 15 is 0 Å². The molecule has 1 fully saturated rings. The number of carbonyl (C=O) groups excluding carboxylic acids is 4. The number of urea groups is 1. The van der Waals surface area contributed by atoms with Crippen LogP contribution in [0, 0.1) is 0 Å². The normalized spacial score (nSPS) is 16.1. The number of hydrogen-bond acceptors (Lipinski definition) is 6. The molecule has 1 heterocycles. The second-order valence-electron chi connectivity index (χ2n) is 7.02. The Morgan fingerprint density at radius 1 is 1.20 bits per heavy atom. The molecule has 1 aliphatic heterocycles. The zero-order valence-corrected chi connectivity index (χ0v) is 17.8. The van der Waals surface area contributed by atoms with Gasteiger partial charge in [0.2, 0.25) is 5.91 Å². The minimum Gasteiger partial charge on any atom is -0.497 e. The fourth-order valence-corrected chi connectivity index (χ4v) is 3.43. The fourth-order valence-electron chi connectivity index (χ4n) is 3.43. The van der Waals surface area contributed by atoms with Crippen LogP contribution in [0.25, 0.3) is 0 Å². The first-order chi connectivity index (χ1) is 14.3. The van der Waals surface area contributed by atoms with Gasteiger partial charge in [0, 0.05) is 0 Å². The highest BCUT2D eigenvalue weighted by atomic mass is 16.5. The molecule has 0 spiro atoms. The van der Waals surface area contributed by atoms with Crippen LogP contribution in [0.2, 0.25) is 0 Å². The Balaban J connectivity index is 2.16. The predicted octanol–water partition coefficient (Wildman–Crippen LogP) is 1.92. The molecule has 0 bridgehead atoms. The molecule has 2 N–H and O–H groups in total. The van der Waals surface area contributed by atoms with E-state index in [0.29, 0.717) is 24.2 Å². The summed E-state index contributed by atoms with van der Waals surface area (Å²) < 4.78 is 10.2. The van der Waals surface area contributed by atoms with Crippen molar-refractivity contribution in [3.63, 3.8) is 0 Å². The van der Waals surface area contributed by atoms with Gasteiger partial charge in [0.15, 0.2) is 0 Å². The second kappa shape index (κ2) is 10.1. The van der Waals surface area contributed by atoms with Crippen LogP contribution in [0.15, 0.2) is 24.3 Å². The molecule has 164 valence electrons.